The fourth-order valence-electron chi connectivity index (χ4n) is 2.07. The lowest BCUT2D eigenvalue weighted by molar-refractivity contribution is 0.202. The summed E-state index contributed by atoms with van der Waals surface area (Å²) < 4.78 is 140. The van der Waals surface area contributed by atoms with Gasteiger partial charge in [-0.05, 0) is 40.0 Å². The van der Waals surface area contributed by atoms with Gasteiger partial charge in [0.1, 0.15) is 19.4 Å². The summed E-state index contributed by atoms with van der Waals surface area (Å²) in [6.07, 6.45) is -4.14. The van der Waals surface area contributed by atoms with Crippen molar-refractivity contribution < 1.29 is 35.7 Å². The van der Waals surface area contributed by atoms with Gasteiger partial charge in [-0.2, -0.15) is 13.1 Å². The minimum Gasteiger partial charge on any atom is -0.473 e. The predicted octanol–water partition coefficient (Wildman–Crippen LogP) is 3.57. The van der Waals surface area contributed by atoms with E-state index in [4.69, 9.17) is 27.3 Å². The lowest BCUT2D eigenvalue weighted by atomic mass is 10.1. The quantitative estimate of drug-likeness (QED) is 0.342. The van der Waals surface area contributed by atoms with Crippen molar-refractivity contribution in [2.45, 2.75) is 13.2 Å². The predicted molar refractivity (Wildman–Crippen MR) is 127 cm³/mol. The van der Waals surface area contributed by atoms with E-state index in [9.17, 15) is 8.42 Å². The molecule has 2 N–H and O–H groups in total. The Morgan fingerprint density at radius 3 is 2.50 bits per heavy atom. The van der Waals surface area contributed by atoms with Crippen LogP contribution in [-0.2, 0) is 10.2 Å². The van der Waals surface area contributed by atoms with E-state index in [1.807, 2.05) is 4.72 Å². The van der Waals surface area contributed by atoms with Gasteiger partial charge in [-0.1, -0.05) is 34.9 Å². The Morgan fingerprint density at radius 1 is 1.06 bits per heavy atom. The summed E-state index contributed by atoms with van der Waals surface area (Å²) in [5.41, 5.74) is -0.366. The molecule has 1 aromatic carbocycles. The van der Waals surface area contributed by atoms with Crippen LogP contribution in [0.1, 0.15) is 31.0 Å². The molecule has 2 aromatic heterocycles. The number of anilines is 1. The molecule has 0 atom stereocenters. The summed E-state index contributed by atoms with van der Waals surface area (Å²) in [5, 5.41) is 0. The van der Waals surface area contributed by atoms with Crippen LogP contribution in [0.3, 0.4) is 0 Å². The van der Waals surface area contributed by atoms with E-state index < -0.39 is 78.7 Å². The third-order valence-electron chi connectivity index (χ3n) is 3.26. The van der Waals surface area contributed by atoms with Gasteiger partial charge >= 0.3 is 6.01 Å². The second-order valence-corrected chi connectivity index (χ2v) is 8.44. The normalized spacial score (nSPS) is 19.4. The molecule has 2 heterocycles. The van der Waals surface area contributed by atoms with Crippen LogP contribution < -0.4 is 18.9 Å². The highest BCUT2D eigenvalue weighted by atomic mass is 79.9. The van der Waals surface area contributed by atoms with Crippen LogP contribution in [0.15, 0.2) is 51.9 Å². The van der Waals surface area contributed by atoms with E-state index in [1.165, 1.54) is 29.0 Å². The van der Waals surface area contributed by atoms with Crippen molar-refractivity contribution in [2.24, 2.45) is 0 Å². The summed E-state index contributed by atoms with van der Waals surface area (Å²) in [6.45, 7) is -14.2. The Bertz CT molecular complexity index is 1660. The van der Waals surface area contributed by atoms with E-state index in [0.717, 1.165) is 0 Å². The Hall–Kier alpha value is -2.35. The van der Waals surface area contributed by atoms with Gasteiger partial charge in [-0.25, -0.2) is 19.9 Å². The second-order valence-electron chi connectivity index (χ2n) is 5.32. The lowest BCUT2D eigenvalue weighted by Crippen LogP contribution is -2.31. The van der Waals surface area contributed by atoms with Gasteiger partial charge in [0.15, 0.2) is 5.82 Å². The molecular formula is C19H20Br2N6O4S. The monoisotopic (exact) mass is 599 g/mol. The van der Waals surface area contributed by atoms with Crippen LogP contribution in [0.2, 0.25) is 0 Å². The average Bonchev–Trinajstić information content (AvgIpc) is 2.86. The maximum absolute atomic E-state index is 12.9. The van der Waals surface area contributed by atoms with Crippen LogP contribution >= 0.6 is 31.9 Å². The van der Waals surface area contributed by atoms with Gasteiger partial charge < -0.3 is 9.47 Å². The molecule has 0 bridgehead atoms. The first kappa shape index (κ1) is 12.2. The highest BCUT2D eigenvalue weighted by Crippen LogP contribution is 2.34. The van der Waals surface area contributed by atoms with Crippen molar-refractivity contribution in [3.05, 3.63) is 51.9 Å². The Morgan fingerprint density at radius 2 is 1.78 bits per heavy atom. The zero-order chi connectivity index (χ0) is 34.4. The summed E-state index contributed by atoms with van der Waals surface area (Å²) in [7, 11) is -5.18. The molecule has 0 saturated carbocycles. The summed E-state index contributed by atoms with van der Waals surface area (Å²) in [4.78, 5) is 14.6. The van der Waals surface area contributed by atoms with Gasteiger partial charge in [-0.3, -0.25) is 4.72 Å². The molecule has 170 valence electrons. The molecule has 0 aliphatic carbocycles. The smallest absolute Gasteiger partial charge is 0.316 e. The molecular weight excluding hydrogens is 568 g/mol. The van der Waals surface area contributed by atoms with Crippen LogP contribution in [0.5, 0.6) is 11.9 Å². The van der Waals surface area contributed by atoms with Crippen molar-refractivity contribution in [3.8, 4) is 23.0 Å². The molecule has 32 heavy (non-hydrogen) atoms. The summed E-state index contributed by atoms with van der Waals surface area (Å²) in [5.74, 6) is -1.48. The number of hydrogen-bond acceptors (Lipinski definition) is 8. The van der Waals surface area contributed by atoms with Crippen molar-refractivity contribution >= 4 is 47.9 Å². The molecule has 0 fully saturated rings. The number of nitrogens with zero attached hydrogens (tertiary/aromatic N) is 4. The third-order valence-corrected chi connectivity index (χ3v) is 4.97. The number of benzene rings is 1. The van der Waals surface area contributed by atoms with Crippen molar-refractivity contribution in [3.63, 3.8) is 0 Å². The summed E-state index contributed by atoms with van der Waals surface area (Å²) >= 11 is 6.11. The Balaban J connectivity index is 2.06. The molecule has 0 unspecified atom stereocenters. The molecule has 10 nitrogen and oxygen atoms in total. The zero-order valence-corrected chi connectivity index (χ0v) is 19.5. The van der Waals surface area contributed by atoms with Crippen LogP contribution in [-0.4, -0.2) is 48.0 Å². The van der Waals surface area contributed by atoms with E-state index in [-0.39, 0.29) is 10.0 Å². The lowest BCUT2D eigenvalue weighted by Gasteiger charge is -2.15. The molecule has 0 saturated heterocycles. The first-order valence-electron chi connectivity index (χ1n) is 14.6. The number of hydrogen-bond donors (Lipinski definition) is 2. The van der Waals surface area contributed by atoms with Crippen molar-refractivity contribution in [1.29, 1.82) is 0 Å². The number of aromatic nitrogens is 4. The largest absolute Gasteiger partial charge is 0.473 e. The molecule has 0 aliphatic rings. The molecule has 0 amide bonds. The minimum atomic E-state index is -5.18. The summed E-state index contributed by atoms with van der Waals surface area (Å²) in [6, 6.07) is 4.81. The van der Waals surface area contributed by atoms with E-state index in [0.29, 0.717) is 10.8 Å². The fourth-order valence-corrected chi connectivity index (χ4v) is 3.16. The molecule has 0 aliphatic heterocycles. The van der Waals surface area contributed by atoms with Gasteiger partial charge in [-0.15, -0.1) is 0 Å². The molecule has 0 spiro atoms. The molecule has 0 radical (unpaired) electrons. The first-order chi connectivity index (χ1) is 20.3. The van der Waals surface area contributed by atoms with Gasteiger partial charge in [0.25, 0.3) is 10.2 Å². The van der Waals surface area contributed by atoms with Crippen LogP contribution in [0, 0.1) is 0 Å². The number of ether oxygens (including phenoxy) is 2. The van der Waals surface area contributed by atoms with Gasteiger partial charge in [0.05, 0.1) is 18.3 Å². The maximum atomic E-state index is 12.9. The van der Waals surface area contributed by atoms with Crippen LogP contribution in [0.25, 0.3) is 11.1 Å². The van der Waals surface area contributed by atoms with E-state index >= 15 is 0 Å². The number of nitrogens with one attached hydrogen (secondary N) is 2. The Kier molecular flexibility index (Phi) is 4.39. The average molecular weight is 601 g/mol. The van der Waals surface area contributed by atoms with Gasteiger partial charge in [0.2, 0.25) is 5.88 Å². The van der Waals surface area contributed by atoms with Crippen LogP contribution in [0.4, 0.5) is 5.82 Å². The first-order valence-corrected chi connectivity index (χ1v) is 11.2. The topological polar surface area (TPSA) is 128 Å². The molecule has 3 aromatic rings. The molecule has 3 rings (SSSR count). The maximum Gasteiger partial charge on any atom is 0.316 e. The number of rotatable bonds is 11. The van der Waals surface area contributed by atoms with E-state index in [2.05, 4.69) is 51.8 Å². The molecule has 13 heteroatoms. The van der Waals surface area contributed by atoms with E-state index in [1.54, 1.807) is 0 Å². The minimum absolute atomic E-state index is 0.0542. The standard InChI is InChI=1S/C19H20Br2N6O4S/c1-2-7-26-32(28,29)27-17-16(13-3-5-14(20)6-4-13)18(25-12-24-17)30-8-9-31-19-22-10-15(21)11-23-19/h3-6,10-12,26H,2,7-9H2,1H3,(H,24,25,27)/i1D3,2D2,7D2,8D2,9D2,10D,11D. The van der Waals surface area contributed by atoms with Crippen molar-refractivity contribution in [2.75, 3.05) is 24.3 Å². The SMILES string of the molecule is [2H]c1nc(OC([2H])([2H])C([2H])([2H])Oc2ncnc(NS(=O)(=O)NC([2H])([2H])C([2H])([2H])C([2H])([2H])[2H])c2-c2ccc(Br)cc2)nc([2H])c1Br. The third kappa shape index (κ3) is 7.08. The number of halogens is 2. The Labute approximate surface area is 220 Å². The fraction of sp³-hybridized carbons (Fsp3) is 0.263. The zero-order valence-electron chi connectivity index (χ0n) is 28.5. The highest BCUT2D eigenvalue weighted by molar-refractivity contribution is 9.10. The van der Waals surface area contributed by atoms with Gasteiger partial charge in [0, 0.05) is 32.9 Å². The second kappa shape index (κ2) is 11.5. The van der Waals surface area contributed by atoms with Crippen molar-refractivity contribution in [1.82, 2.24) is 24.7 Å². The highest BCUT2D eigenvalue weighted by Gasteiger charge is 2.19.